The van der Waals surface area contributed by atoms with Gasteiger partial charge in [-0.15, -0.1) is 0 Å². The van der Waals surface area contributed by atoms with Gasteiger partial charge in [0.2, 0.25) is 5.91 Å². The number of aliphatic imine (C=N–C) groups is 1. The Hall–Kier alpha value is -3.59. The van der Waals surface area contributed by atoms with Crippen LogP contribution in [0.2, 0.25) is 0 Å². The van der Waals surface area contributed by atoms with E-state index in [9.17, 15) is 10.1 Å². The number of nitrogens with zero attached hydrogens (tertiary/aromatic N) is 3. The van der Waals surface area contributed by atoms with Crippen LogP contribution in [0.4, 0.5) is 0 Å². The third kappa shape index (κ3) is 4.63. The molecule has 2 N–H and O–H groups in total. The van der Waals surface area contributed by atoms with Crippen molar-refractivity contribution in [2.75, 3.05) is 19.6 Å². The Bertz CT molecular complexity index is 1100. The maximum Gasteiger partial charge on any atom is 0.229 e. The first kappa shape index (κ1) is 21.3. The van der Waals surface area contributed by atoms with Crippen molar-refractivity contribution in [2.45, 2.75) is 25.3 Å². The van der Waals surface area contributed by atoms with Gasteiger partial charge in [-0.1, -0.05) is 30.4 Å². The van der Waals surface area contributed by atoms with Crippen LogP contribution in [0.15, 0.2) is 71.7 Å². The number of rotatable bonds is 4. The molecule has 1 aromatic carbocycles. The second-order valence-electron chi connectivity index (χ2n) is 9.12. The standard InChI is InChI=1S/C27H29N5O/c28-17-19-2-1-3-21(14-19)23-15-22-6-11-30-18-25(22)26(16-23)31-24-7-12-32(13-8-24)27(33)20-4-9-29-10-5-20/h1-4,6,9-11,14-16,20,22,24-25,30-31H,5,7-8,12-13,18H2. The number of amides is 1. The van der Waals surface area contributed by atoms with Crippen LogP contribution in [0, 0.1) is 29.1 Å². The number of piperidine rings is 1. The Labute approximate surface area is 195 Å². The lowest BCUT2D eigenvalue weighted by Crippen LogP contribution is -2.48. The topological polar surface area (TPSA) is 80.5 Å². The molecule has 1 aromatic rings. The first-order chi connectivity index (χ1) is 16.2. The number of nitrogens with one attached hydrogen (secondary N) is 2. The van der Waals surface area contributed by atoms with E-state index in [1.54, 1.807) is 6.20 Å². The fourth-order valence-corrected chi connectivity index (χ4v) is 5.12. The number of hydrogen-bond acceptors (Lipinski definition) is 5. The van der Waals surface area contributed by atoms with Gasteiger partial charge >= 0.3 is 0 Å². The van der Waals surface area contributed by atoms with E-state index >= 15 is 0 Å². The third-order valence-electron chi connectivity index (χ3n) is 7.01. The summed E-state index contributed by atoms with van der Waals surface area (Å²) in [5.74, 6) is 0.841. The molecule has 5 rings (SSSR count). The number of carbonyl (C=O) groups excluding carboxylic acids is 1. The highest BCUT2D eigenvalue weighted by Crippen LogP contribution is 2.35. The minimum absolute atomic E-state index is 0.0641. The van der Waals surface area contributed by atoms with Gasteiger partial charge in [-0.2, -0.15) is 5.26 Å². The van der Waals surface area contributed by atoms with Crippen LogP contribution in [0.3, 0.4) is 0 Å². The molecular formula is C27H29N5O. The van der Waals surface area contributed by atoms with Crippen molar-refractivity contribution in [3.05, 3.63) is 77.8 Å². The lowest BCUT2D eigenvalue weighted by molar-refractivity contribution is -0.134. The first-order valence-electron chi connectivity index (χ1n) is 11.8. The maximum atomic E-state index is 12.8. The Morgan fingerprint density at radius 1 is 1.24 bits per heavy atom. The Morgan fingerprint density at radius 3 is 2.91 bits per heavy atom. The summed E-state index contributed by atoms with van der Waals surface area (Å²) >= 11 is 0. The van der Waals surface area contributed by atoms with Crippen molar-refractivity contribution in [2.24, 2.45) is 22.7 Å². The highest BCUT2D eigenvalue weighted by Gasteiger charge is 2.32. The van der Waals surface area contributed by atoms with Crippen LogP contribution in [-0.2, 0) is 4.79 Å². The van der Waals surface area contributed by atoms with E-state index in [-0.39, 0.29) is 11.8 Å². The molecule has 6 nitrogen and oxygen atoms in total. The number of benzene rings is 1. The third-order valence-corrected chi connectivity index (χ3v) is 7.01. The van der Waals surface area contributed by atoms with Crippen molar-refractivity contribution >= 4 is 17.7 Å². The molecule has 6 heteroatoms. The largest absolute Gasteiger partial charge is 0.390 e. The Kier molecular flexibility index (Phi) is 6.12. The van der Waals surface area contributed by atoms with Crippen molar-refractivity contribution in [1.82, 2.24) is 15.5 Å². The van der Waals surface area contributed by atoms with Gasteiger partial charge in [0, 0.05) is 55.6 Å². The molecule has 1 saturated heterocycles. The molecule has 168 valence electrons. The summed E-state index contributed by atoms with van der Waals surface area (Å²) in [6.45, 7) is 2.46. The summed E-state index contributed by atoms with van der Waals surface area (Å²) in [6, 6.07) is 10.4. The molecule has 3 atom stereocenters. The van der Waals surface area contributed by atoms with Crippen LogP contribution in [0.25, 0.3) is 5.57 Å². The summed E-state index contributed by atoms with van der Waals surface area (Å²) in [6.07, 6.45) is 16.9. The number of allylic oxidation sites excluding steroid dienone is 4. The molecule has 0 radical (unpaired) electrons. The van der Waals surface area contributed by atoms with Gasteiger partial charge in [0.25, 0.3) is 0 Å². The molecule has 3 aliphatic heterocycles. The number of fused-ring (bicyclic) bond motifs is 1. The van der Waals surface area contributed by atoms with Gasteiger partial charge in [0.15, 0.2) is 0 Å². The Balaban J connectivity index is 1.28. The smallest absolute Gasteiger partial charge is 0.229 e. The molecule has 0 aromatic heterocycles. The van der Waals surface area contributed by atoms with E-state index in [1.807, 2.05) is 41.6 Å². The Morgan fingerprint density at radius 2 is 2.12 bits per heavy atom. The fourth-order valence-electron chi connectivity index (χ4n) is 5.12. The van der Waals surface area contributed by atoms with Gasteiger partial charge in [0.05, 0.1) is 17.6 Å². The molecule has 33 heavy (non-hydrogen) atoms. The number of carbonyl (C=O) groups is 1. The zero-order valence-corrected chi connectivity index (χ0v) is 18.7. The fraction of sp³-hybridized carbons (Fsp3) is 0.370. The van der Waals surface area contributed by atoms with Gasteiger partial charge in [0.1, 0.15) is 0 Å². The van der Waals surface area contributed by atoms with Crippen LogP contribution in [-0.4, -0.2) is 42.7 Å². The zero-order valence-electron chi connectivity index (χ0n) is 18.7. The van der Waals surface area contributed by atoms with Gasteiger partial charge in [-0.25, -0.2) is 0 Å². The van der Waals surface area contributed by atoms with Crippen molar-refractivity contribution < 1.29 is 4.79 Å². The quantitative estimate of drug-likeness (QED) is 0.754. The van der Waals surface area contributed by atoms with E-state index in [1.165, 1.54) is 5.70 Å². The van der Waals surface area contributed by atoms with E-state index in [4.69, 9.17) is 0 Å². The molecular weight excluding hydrogens is 410 g/mol. The van der Waals surface area contributed by atoms with Crippen LogP contribution >= 0.6 is 0 Å². The van der Waals surface area contributed by atoms with Crippen molar-refractivity contribution in [3.8, 4) is 6.07 Å². The summed E-state index contributed by atoms with van der Waals surface area (Å²) < 4.78 is 0. The van der Waals surface area contributed by atoms with Gasteiger partial charge in [-0.05, 0) is 54.8 Å². The lowest BCUT2D eigenvalue weighted by atomic mass is 9.79. The molecule has 0 bridgehead atoms. The normalized spacial score (nSPS) is 26.5. The molecule has 1 amide bonds. The number of nitriles is 1. The first-order valence-corrected chi connectivity index (χ1v) is 11.8. The van der Waals surface area contributed by atoms with Crippen LogP contribution in [0.5, 0.6) is 0 Å². The van der Waals surface area contributed by atoms with E-state index in [0.29, 0.717) is 29.9 Å². The average Bonchev–Trinajstić information content (AvgIpc) is 2.89. The number of hydrogen-bond donors (Lipinski definition) is 2. The van der Waals surface area contributed by atoms with Gasteiger partial charge < -0.3 is 15.5 Å². The van der Waals surface area contributed by atoms with E-state index in [2.05, 4.69) is 46.0 Å². The second-order valence-corrected chi connectivity index (χ2v) is 9.12. The molecule has 3 heterocycles. The average molecular weight is 440 g/mol. The predicted octanol–water partition coefficient (Wildman–Crippen LogP) is 3.37. The van der Waals surface area contributed by atoms with Crippen molar-refractivity contribution in [1.29, 1.82) is 5.26 Å². The zero-order chi connectivity index (χ0) is 22.6. The predicted molar refractivity (Wildman–Crippen MR) is 130 cm³/mol. The molecule has 4 aliphatic rings. The summed E-state index contributed by atoms with van der Waals surface area (Å²) in [5, 5.41) is 16.5. The van der Waals surface area contributed by atoms with Crippen LogP contribution < -0.4 is 10.6 Å². The molecule has 0 spiro atoms. The molecule has 0 saturated carbocycles. The molecule has 3 unspecified atom stereocenters. The highest BCUT2D eigenvalue weighted by molar-refractivity contribution is 5.84. The van der Waals surface area contributed by atoms with E-state index < -0.39 is 0 Å². The lowest BCUT2D eigenvalue weighted by Gasteiger charge is -2.38. The molecule has 1 aliphatic carbocycles. The summed E-state index contributed by atoms with van der Waals surface area (Å²) in [7, 11) is 0. The van der Waals surface area contributed by atoms with Gasteiger partial charge in [-0.3, -0.25) is 9.79 Å². The molecule has 1 fully saturated rings. The van der Waals surface area contributed by atoms with E-state index in [0.717, 1.165) is 43.6 Å². The SMILES string of the molecule is N#Cc1cccc(C2=CC3C=CNCC3C(NC3CCN(C(=O)C4C=CN=CC4)CC3)=C2)c1. The summed E-state index contributed by atoms with van der Waals surface area (Å²) in [5.41, 5.74) is 4.15. The minimum Gasteiger partial charge on any atom is -0.390 e. The minimum atomic E-state index is -0.0641. The number of likely N-dealkylation sites (tertiary alicyclic amines) is 1. The highest BCUT2D eigenvalue weighted by atomic mass is 16.2. The van der Waals surface area contributed by atoms with Crippen molar-refractivity contribution in [3.63, 3.8) is 0 Å². The van der Waals surface area contributed by atoms with Crippen LogP contribution in [0.1, 0.15) is 30.4 Å². The second kappa shape index (κ2) is 9.50. The summed E-state index contributed by atoms with van der Waals surface area (Å²) in [4.78, 5) is 18.9. The monoisotopic (exact) mass is 439 g/mol. The maximum absolute atomic E-state index is 12.8.